The predicted octanol–water partition coefficient (Wildman–Crippen LogP) is 3.21. The monoisotopic (exact) mass is 395 g/mol. The molecule has 2 aromatic rings. The number of nitrogens with one attached hydrogen (secondary N) is 1. The highest BCUT2D eigenvalue weighted by molar-refractivity contribution is 5.54. The average Bonchev–Trinajstić information content (AvgIpc) is 3.07. The number of aliphatic hydroxyl groups excluding tert-OH is 2. The SMILES string of the molecule is OC[C@@H]1[C@@H](Cc2ccnc(-c3ccccc3)n2)[C@H](NCC2CCCCC2)C[C@H]1O. The van der Waals surface area contributed by atoms with Crippen molar-refractivity contribution in [3.05, 3.63) is 48.3 Å². The second kappa shape index (κ2) is 9.79. The number of aliphatic hydroxyl groups is 2. The minimum atomic E-state index is -0.454. The van der Waals surface area contributed by atoms with Gasteiger partial charge in [0, 0.05) is 36.0 Å². The van der Waals surface area contributed by atoms with Crippen LogP contribution < -0.4 is 5.32 Å². The van der Waals surface area contributed by atoms with Gasteiger partial charge in [0.25, 0.3) is 0 Å². The Morgan fingerprint density at radius 1 is 1.00 bits per heavy atom. The molecule has 1 aromatic carbocycles. The number of benzene rings is 1. The van der Waals surface area contributed by atoms with Crippen LogP contribution in [-0.4, -0.2) is 45.5 Å². The van der Waals surface area contributed by atoms with Crippen LogP contribution in [0.5, 0.6) is 0 Å². The summed E-state index contributed by atoms with van der Waals surface area (Å²) in [5.41, 5.74) is 1.98. The van der Waals surface area contributed by atoms with E-state index in [2.05, 4.69) is 10.3 Å². The first kappa shape index (κ1) is 20.5. The minimum absolute atomic E-state index is 0.0179. The van der Waals surface area contributed by atoms with E-state index in [9.17, 15) is 10.2 Å². The number of rotatable bonds is 7. The molecule has 1 aromatic heterocycles. The smallest absolute Gasteiger partial charge is 0.159 e. The Morgan fingerprint density at radius 3 is 2.55 bits per heavy atom. The molecule has 3 N–H and O–H groups in total. The lowest BCUT2D eigenvalue weighted by Gasteiger charge is -2.28. The lowest BCUT2D eigenvalue weighted by Crippen LogP contribution is -2.39. The fourth-order valence-corrected chi connectivity index (χ4v) is 5.17. The fraction of sp³-hybridized carbons (Fsp3) is 0.583. The average molecular weight is 396 g/mol. The van der Waals surface area contributed by atoms with Crippen LogP contribution in [0, 0.1) is 17.8 Å². The van der Waals surface area contributed by atoms with Crippen LogP contribution in [0.4, 0.5) is 0 Å². The number of hydrogen-bond acceptors (Lipinski definition) is 5. The lowest BCUT2D eigenvalue weighted by molar-refractivity contribution is 0.0716. The van der Waals surface area contributed by atoms with Gasteiger partial charge < -0.3 is 15.5 Å². The van der Waals surface area contributed by atoms with Crippen molar-refractivity contribution >= 4 is 0 Å². The third-order valence-corrected chi connectivity index (χ3v) is 6.85. The van der Waals surface area contributed by atoms with Crippen LogP contribution in [0.15, 0.2) is 42.6 Å². The molecule has 2 aliphatic carbocycles. The van der Waals surface area contributed by atoms with Crippen molar-refractivity contribution in [3.8, 4) is 11.4 Å². The van der Waals surface area contributed by atoms with Crippen molar-refractivity contribution in [3.63, 3.8) is 0 Å². The zero-order valence-corrected chi connectivity index (χ0v) is 17.1. The van der Waals surface area contributed by atoms with Crippen LogP contribution in [0.1, 0.15) is 44.2 Å². The second-order valence-corrected chi connectivity index (χ2v) is 8.77. The van der Waals surface area contributed by atoms with Crippen molar-refractivity contribution < 1.29 is 10.2 Å². The van der Waals surface area contributed by atoms with Crippen LogP contribution >= 0.6 is 0 Å². The molecule has 4 rings (SSSR count). The van der Waals surface area contributed by atoms with Gasteiger partial charge in [-0.15, -0.1) is 0 Å². The molecule has 0 amide bonds. The Kier molecular flexibility index (Phi) is 6.90. The molecule has 0 bridgehead atoms. The summed E-state index contributed by atoms with van der Waals surface area (Å²) in [6, 6.07) is 12.2. The van der Waals surface area contributed by atoms with Gasteiger partial charge in [-0.2, -0.15) is 0 Å². The Balaban J connectivity index is 1.46. The maximum Gasteiger partial charge on any atom is 0.159 e. The van der Waals surface area contributed by atoms with E-state index in [-0.39, 0.29) is 24.5 Å². The molecule has 0 unspecified atom stereocenters. The normalized spacial score (nSPS) is 27.9. The zero-order valence-electron chi connectivity index (χ0n) is 17.1. The maximum absolute atomic E-state index is 10.5. The molecule has 4 atom stereocenters. The van der Waals surface area contributed by atoms with Crippen molar-refractivity contribution in [2.45, 2.75) is 57.1 Å². The van der Waals surface area contributed by atoms with Gasteiger partial charge in [-0.05, 0) is 50.1 Å². The third kappa shape index (κ3) is 5.03. The standard InChI is InChI=1S/C24H33N3O2/c28-16-21-20(22(14-23(21)29)26-15-17-7-3-1-4-8-17)13-19-11-12-25-24(27-19)18-9-5-2-6-10-18/h2,5-6,9-12,17,20-23,26,28-29H,1,3-4,7-8,13-16H2/t20-,21-,22-,23-/m1/s1. The van der Waals surface area contributed by atoms with E-state index in [4.69, 9.17) is 4.98 Å². The molecule has 0 spiro atoms. The van der Waals surface area contributed by atoms with Crippen molar-refractivity contribution in [2.75, 3.05) is 13.2 Å². The van der Waals surface area contributed by atoms with Gasteiger partial charge in [-0.3, -0.25) is 0 Å². The highest BCUT2D eigenvalue weighted by Crippen LogP contribution is 2.35. The second-order valence-electron chi connectivity index (χ2n) is 8.77. The summed E-state index contributed by atoms with van der Waals surface area (Å²) in [5, 5.41) is 24.2. The fourth-order valence-electron chi connectivity index (χ4n) is 5.17. The molecule has 29 heavy (non-hydrogen) atoms. The molecule has 1 heterocycles. The van der Waals surface area contributed by atoms with Crippen molar-refractivity contribution in [1.82, 2.24) is 15.3 Å². The molecule has 5 heteroatoms. The molecule has 2 saturated carbocycles. The first-order chi connectivity index (χ1) is 14.2. The number of nitrogens with zero attached hydrogens (tertiary/aromatic N) is 2. The van der Waals surface area contributed by atoms with E-state index >= 15 is 0 Å². The Labute approximate surface area is 173 Å². The molecule has 0 radical (unpaired) electrons. The summed E-state index contributed by atoms with van der Waals surface area (Å²) in [5.74, 6) is 1.55. The van der Waals surface area contributed by atoms with E-state index in [1.54, 1.807) is 0 Å². The number of aromatic nitrogens is 2. The highest BCUT2D eigenvalue weighted by atomic mass is 16.3. The Bertz CT molecular complexity index is 764. The molecule has 2 aliphatic rings. The Morgan fingerprint density at radius 2 is 1.79 bits per heavy atom. The largest absolute Gasteiger partial charge is 0.396 e. The summed E-state index contributed by atoms with van der Waals surface area (Å²) in [7, 11) is 0. The molecule has 0 aliphatic heterocycles. The summed E-state index contributed by atoms with van der Waals surface area (Å²) in [6.07, 6.45) is 9.47. The Hall–Kier alpha value is -1.82. The summed E-state index contributed by atoms with van der Waals surface area (Å²) in [4.78, 5) is 9.21. The van der Waals surface area contributed by atoms with E-state index in [0.29, 0.717) is 6.42 Å². The maximum atomic E-state index is 10.5. The molecule has 0 saturated heterocycles. The van der Waals surface area contributed by atoms with Gasteiger partial charge in [0.05, 0.1) is 6.10 Å². The van der Waals surface area contributed by atoms with Gasteiger partial charge in [0.2, 0.25) is 0 Å². The van der Waals surface area contributed by atoms with E-state index in [1.807, 2.05) is 42.6 Å². The number of hydrogen-bond donors (Lipinski definition) is 3. The first-order valence-electron chi connectivity index (χ1n) is 11.1. The molecule has 5 nitrogen and oxygen atoms in total. The lowest BCUT2D eigenvalue weighted by atomic mass is 9.87. The molecule has 2 fully saturated rings. The van der Waals surface area contributed by atoms with Crippen molar-refractivity contribution in [1.29, 1.82) is 0 Å². The zero-order chi connectivity index (χ0) is 20.1. The minimum Gasteiger partial charge on any atom is -0.396 e. The van der Waals surface area contributed by atoms with Gasteiger partial charge in [-0.25, -0.2) is 9.97 Å². The molecular weight excluding hydrogens is 362 g/mol. The van der Waals surface area contributed by atoms with Crippen LogP contribution in [0.3, 0.4) is 0 Å². The predicted molar refractivity (Wildman–Crippen MR) is 114 cm³/mol. The summed E-state index contributed by atoms with van der Waals surface area (Å²) in [6.45, 7) is 1.04. The van der Waals surface area contributed by atoms with Gasteiger partial charge in [0.1, 0.15) is 0 Å². The first-order valence-corrected chi connectivity index (χ1v) is 11.1. The molecule has 156 valence electrons. The van der Waals surface area contributed by atoms with Gasteiger partial charge in [-0.1, -0.05) is 49.6 Å². The van der Waals surface area contributed by atoms with E-state index < -0.39 is 6.10 Å². The van der Waals surface area contributed by atoms with E-state index in [0.717, 1.165) is 36.0 Å². The third-order valence-electron chi connectivity index (χ3n) is 6.85. The van der Waals surface area contributed by atoms with Gasteiger partial charge >= 0.3 is 0 Å². The van der Waals surface area contributed by atoms with Crippen LogP contribution in [0.25, 0.3) is 11.4 Å². The molecular formula is C24H33N3O2. The van der Waals surface area contributed by atoms with E-state index in [1.165, 1.54) is 32.1 Å². The summed E-state index contributed by atoms with van der Waals surface area (Å²) >= 11 is 0. The quantitative estimate of drug-likeness (QED) is 0.671. The topological polar surface area (TPSA) is 78.3 Å². The van der Waals surface area contributed by atoms with Crippen LogP contribution in [0.2, 0.25) is 0 Å². The highest BCUT2D eigenvalue weighted by Gasteiger charge is 2.42. The van der Waals surface area contributed by atoms with Crippen molar-refractivity contribution in [2.24, 2.45) is 17.8 Å². The summed E-state index contributed by atoms with van der Waals surface area (Å²) < 4.78 is 0. The van der Waals surface area contributed by atoms with Crippen LogP contribution in [-0.2, 0) is 6.42 Å². The van der Waals surface area contributed by atoms with Gasteiger partial charge in [0.15, 0.2) is 5.82 Å².